The molecule has 0 spiro atoms. The highest BCUT2D eigenvalue weighted by molar-refractivity contribution is 7.04. The first-order valence-electron chi connectivity index (χ1n) is 4.64. The SMILES string of the molecule is CCNc1csnc1C(=O)NC(C)C. The van der Waals surface area contributed by atoms with Crippen LogP contribution in [-0.4, -0.2) is 22.9 Å². The molecule has 4 nitrogen and oxygen atoms in total. The van der Waals surface area contributed by atoms with Gasteiger partial charge in [0.05, 0.1) is 5.69 Å². The summed E-state index contributed by atoms with van der Waals surface area (Å²) in [6.45, 7) is 6.64. The number of hydrogen-bond acceptors (Lipinski definition) is 4. The number of nitrogens with one attached hydrogen (secondary N) is 2. The van der Waals surface area contributed by atoms with Crippen molar-refractivity contribution in [2.75, 3.05) is 11.9 Å². The number of aromatic nitrogens is 1. The zero-order chi connectivity index (χ0) is 10.6. The van der Waals surface area contributed by atoms with Crippen molar-refractivity contribution in [3.8, 4) is 0 Å². The molecule has 0 bridgehead atoms. The molecule has 0 aliphatic rings. The first-order valence-corrected chi connectivity index (χ1v) is 5.48. The Bertz CT molecular complexity index is 309. The second-order valence-electron chi connectivity index (χ2n) is 3.24. The third-order valence-electron chi connectivity index (χ3n) is 1.57. The van der Waals surface area contributed by atoms with Gasteiger partial charge in [-0.15, -0.1) is 0 Å². The summed E-state index contributed by atoms with van der Waals surface area (Å²) in [6.07, 6.45) is 0. The van der Waals surface area contributed by atoms with E-state index in [1.54, 1.807) is 0 Å². The third kappa shape index (κ3) is 2.70. The van der Waals surface area contributed by atoms with Crippen molar-refractivity contribution < 1.29 is 4.79 Å². The fraction of sp³-hybridized carbons (Fsp3) is 0.556. The highest BCUT2D eigenvalue weighted by Crippen LogP contribution is 2.16. The van der Waals surface area contributed by atoms with Crippen LogP contribution >= 0.6 is 11.5 Å². The number of rotatable bonds is 4. The molecule has 2 N–H and O–H groups in total. The summed E-state index contributed by atoms with van der Waals surface area (Å²) in [7, 11) is 0. The second-order valence-corrected chi connectivity index (χ2v) is 3.86. The van der Waals surface area contributed by atoms with Gasteiger partial charge >= 0.3 is 0 Å². The van der Waals surface area contributed by atoms with Crippen LogP contribution in [0.2, 0.25) is 0 Å². The molecule has 0 fully saturated rings. The summed E-state index contributed by atoms with van der Waals surface area (Å²) < 4.78 is 4.05. The Labute approximate surface area is 87.9 Å². The van der Waals surface area contributed by atoms with E-state index < -0.39 is 0 Å². The van der Waals surface area contributed by atoms with Crippen molar-refractivity contribution in [2.45, 2.75) is 26.8 Å². The van der Waals surface area contributed by atoms with Crippen LogP contribution in [-0.2, 0) is 0 Å². The van der Waals surface area contributed by atoms with Crippen LogP contribution in [0, 0.1) is 0 Å². The molecular weight excluding hydrogens is 198 g/mol. The van der Waals surface area contributed by atoms with E-state index in [9.17, 15) is 4.79 Å². The van der Waals surface area contributed by atoms with Gasteiger partial charge in [-0.05, 0) is 32.3 Å². The zero-order valence-electron chi connectivity index (χ0n) is 8.63. The van der Waals surface area contributed by atoms with Gasteiger partial charge in [-0.2, -0.15) is 4.37 Å². The van der Waals surface area contributed by atoms with E-state index in [-0.39, 0.29) is 11.9 Å². The largest absolute Gasteiger partial charge is 0.383 e. The first kappa shape index (κ1) is 11.0. The molecule has 0 radical (unpaired) electrons. The Kier molecular flexibility index (Phi) is 3.88. The Balaban J connectivity index is 2.73. The van der Waals surface area contributed by atoms with Crippen molar-refractivity contribution in [1.29, 1.82) is 0 Å². The molecule has 1 amide bonds. The number of hydrogen-bond donors (Lipinski definition) is 2. The van der Waals surface area contributed by atoms with Crippen molar-refractivity contribution in [2.24, 2.45) is 0 Å². The van der Waals surface area contributed by atoms with Crippen LogP contribution in [0.3, 0.4) is 0 Å². The molecule has 5 heteroatoms. The molecule has 1 aromatic rings. The molecule has 1 heterocycles. The molecule has 14 heavy (non-hydrogen) atoms. The number of nitrogens with zero attached hydrogens (tertiary/aromatic N) is 1. The van der Waals surface area contributed by atoms with Crippen LogP contribution in [0.1, 0.15) is 31.3 Å². The molecular formula is C9H15N3OS. The topological polar surface area (TPSA) is 54.0 Å². The van der Waals surface area contributed by atoms with Gasteiger partial charge < -0.3 is 10.6 Å². The average molecular weight is 213 g/mol. The normalized spacial score (nSPS) is 10.3. The Morgan fingerprint density at radius 2 is 2.36 bits per heavy atom. The highest BCUT2D eigenvalue weighted by atomic mass is 32.1. The lowest BCUT2D eigenvalue weighted by molar-refractivity contribution is 0.0940. The number of anilines is 1. The van der Waals surface area contributed by atoms with Crippen LogP contribution < -0.4 is 10.6 Å². The monoisotopic (exact) mass is 213 g/mol. The van der Waals surface area contributed by atoms with Crippen molar-refractivity contribution in [3.05, 3.63) is 11.1 Å². The fourth-order valence-electron chi connectivity index (χ4n) is 1.05. The zero-order valence-corrected chi connectivity index (χ0v) is 9.44. The van der Waals surface area contributed by atoms with Gasteiger partial charge in [0, 0.05) is 18.0 Å². The van der Waals surface area contributed by atoms with E-state index in [0.717, 1.165) is 12.2 Å². The van der Waals surface area contributed by atoms with Crippen LogP contribution in [0.15, 0.2) is 5.38 Å². The lowest BCUT2D eigenvalue weighted by atomic mass is 10.3. The predicted octanol–water partition coefficient (Wildman–Crippen LogP) is 1.71. The van der Waals surface area contributed by atoms with Gasteiger partial charge in [0.2, 0.25) is 0 Å². The molecule has 1 rings (SSSR count). The first-order chi connectivity index (χ1) is 6.65. The molecule has 0 aliphatic carbocycles. The predicted molar refractivity (Wildman–Crippen MR) is 58.9 cm³/mol. The minimum absolute atomic E-state index is 0.114. The standard InChI is InChI=1S/C9H15N3OS/c1-4-10-7-5-14-12-8(7)9(13)11-6(2)3/h5-6,10H,4H2,1-3H3,(H,11,13). The Morgan fingerprint density at radius 3 is 2.93 bits per heavy atom. The van der Waals surface area contributed by atoms with Gasteiger partial charge in [-0.3, -0.25) is 4.79 Å². The summed E-state index contributed by atoms with van der Waals surface area (Å²) in [5.41, 5.74) is 1.31. The van der Waals surface area contributed by atoms with Gasteiger partial charge in [-0.25, -0.2) is 0 Å². The van der Waals surface area contributed by atoms with Gasteiger partial charge in [0.15, 0.2) is 5.69 Å². The molecule has 0 atom stereocenters. The van der Waals surface area contributed by atoms with E-state index in [1.807, 2.05) is 26.2 Å². The van der Waals surface area contributed by atoms with E-state index >= 15 is 0 Å². The van der Waals surface area contributed by atoms with E-state index in [4.69, 9.17) is 0 Å². The smallest absolute Gasteiger partial charge is 0.273 e. The number of carbonyl (C=O) groups excluding carboxylic acids is 1. The van der Waals surface area contributed by atoms with E-state index in [2.05, 4.69) is 15.0 Å². The fourth-order valence-corrected chi connectivity index (χ4v) is 1.69. The number of amides is 1. The summed E-state index contributed by atoms with van der Waals surface area (Å²) in [6, 6.07) is 0.138. The van der Waals surface area contributed by atoms with Crippen LogP contribution in [0.4, 0.5) is 5.69 Å². The maximum Gasteiger partial charge on any atom is 0.273 e. The molecule has 1 aromatic heterocycles. The maximum absolute atomic E-state index is 11.6. The summed E-state index contributed by atoms with van der Waals surface area (Å²) in [5, 5.41) is 7.75. The van der Waals surface area contributed by atoms with E-state index in [1.165, 1.54) is 11.5 Å². The van der Waals surface area contributed by atoms with Crippen molar-refractivity contribution in [3.63, 3.8) is 0 Å². The van der Waals surface area contributed by atoms with Crippen molar-refractivity contribution >= 4 is 23.1 Å². The molecule has 0 unspecified atom stereocenters. The minimum atomic E-state index is -0.114. The van der Waals surface area contributed by atoms with Crippen molar-refractivity contribution in [1.82, 2.24) is 9.69 Å². The number of carbonyl (C=O) groups is 1. The Hall–Kier alpha value is -1.10. The molecule has 78 valence electrons. The lowest BCUT2D eigenvalue weighted by Crippen LogP contribution is -2.30. The second kappa shape index (κ2) is 4.95. The minimum Gasteiger partial charge on any atom is -0.383 e. The van der Waals surface area contributed by atoms with Gasteiger partial charge in [0.1, 0.15) is 0 Å². The quantitative estimate of drug-likeness (QED) is 0.800. The summed E-state index contributed by atoms with van der Waals surface area (Å²) in [4.78, 5) is 11.6. The van der Waals surface area contributed by atoms with Gasteiger partial charge in [-0.1, -0.05) is 0 Å². The molecule has 0 saturated heterocycles. The molecule has 0 aliphatic heterocycles. The maximum atomic E-state index is 11.6. The summed E-state index contributed by atoms with van der Waals surface area (Å²) >= 11 is 1.29. The average Bonchev–Trinajstić information content (AvgIpc) is 2.51. The lowest BCUT2D eigenvalue weighted by Gasteiger charge is -2.08. The van der Waals surface area contributed by atoms with E-state index in [0.29, 0.717) is 5.69 Å². The van der Waals surface area contributed by atoms with Crippen LogP contribution in [0.25, 0.3) is 0 Å². The summed E-state index contributed by atoms with van der Waals surface area (Å²) in [5.74, 6) is -0.114. The Morgan fingerprint density at radius 1 is 1.64 bits per heavy atom. The third-order valence-corrected chi connectivity index (χ3v) is 2.20. The molecule has 0 aromatic carbocycles. The van der Waals surface area contributed by atoms with Gasteiger partial charge in [0.25, 0.3) is 5.91 Å². The van der Waals surface area contributed by atoms with Crippen LogP contribution in [0.5, 0.6) is 0 Å². The molecule has 0 saturated carbocycles. The highest BCUT2D eigenvalue weighted by Gasteiger charge is 2.14.